The second-order valence-electron chi connectivity index (χ2n) is 4.55. The van der Waals surface area contributed by atoms with E-state index in [1.165, 1.54) is 5.56 Å². The van der Waals surface area contributed by atoms with Gasteiger partial charge >= 0.3 is 0 Å². The van der Waals surface area contributed by atoms with Crippen LogP contribution >= 0.6 is 0 Å². The van der Waals surface area contributed by atoms with Crippen LogP contribution in [0, 0.1) is 0 Å². The van der Waals surface area contributed by atoms with E-state index in [1.54, 1.807) is 0 Å². The van der Waals surface area contributed by atoms with Gasteiger partial charge in [-0.15, -0.1) is 0 Å². The molecule has 4 nitrogen and oxygen atoms in total. The summed E-state index contributed by atoms with van der Waals surface area (Å²) in [6, 6.07) is 16.0. The highest BCUT2D eigenvalue weighted by atomic mass is 15.1. The highest BCUT2D eigenvalue weighted by molar-refractivity contribution is 5.79. The fourth-order valence-electron chi connectivity index (χ4n) is 2.29. The van der Waals surface area contributed by atoms with Gasteiger partial charge in [0, 0.05) is 12.2 Å². The molecule has 19 heavy (non-hydrogen) atoms. The summed E-state index contributed by atoms with van der Waals surface area (Å²) < 4.78 is 2.13. The summed E-state index contributed by atoms with van der Waals surface area (Å²) in [6.07, 6.45) is 0. The van der Waals surface area contributed by atoms with Crippen molar-refractivity contribution in [1.29, 1.82) is 0 Å². The van der Waals surface area contributed by atoms with Gasteiger partial charge < -0.3 is 16.0 Å². The van der Waals surface area contributed by atoms with E-state index in [9.17, 15) is 0 Å². The van der Waals surface area contributed by atoms with Crippen molar-refractivity contribution >= 4 is 16.7 Å². The molecule has 0 aliphatic rings. The number of hydrogen-bond donors (Lipinski definition) is 2. The average Bonchev–Trinajstić information content (AvgIpc) is 2.78. The van der Waals surface area contributed by atoms with Crippen LogP contribution in [-0.2, 0) is 13.1 Å². The number of anilines is 1. The van der Waals surface area contributed by atoms with Crippen LogP contribution in [-0.4, -0.2) is 9.55 Å². The molecule has 0 atom stereocenters. The van der Waals surface area contributed by atoms with Gasteiger partial charge in [0.25, 0.3) is 0 Å². The molecule has 1 heterocycles. The minimum Gasteiger partial charge on any atom is -0.399 e. The molecule has 4 N–H and O–H groups in total. The molecule has 0 aliphatic carbocycles. The Morgan fingerprint density at radius 1 is 1.05 bits per heavy atom. The third kappa shape index (κ3) is 2.18. The van der Waals surface area contributed by atoms with E-state index < -0.39 is 0 Å². The Morgan fingerprint density at radius 3 is 2.58 bits per heavy atom. The number of nitrogens with two attached hydrogens (primary N) is 2. The number of rotatable bonds is 3. The van der Waals surface area contributed by atoms with Crippen molar-refractivity contribution < 1.29 is 0 Å². The molecule has 0 saturated carbocycles. The Bertz CT molecular complexity index is 701. The van der Waals surface area contributed by atoms with Gasteiger partial charge in [-0.05, 0) is 23.8 Å². The second kappa shape index (κ2) is 4.74. The molecule has 96 valence electrons. The van der Waals surface area contributed by atoms with Crippen molar-refractivity contribution in [2.45, 2.75) is 13.1 Å². The van der Waals surface area contributed by atoms with E-state index in [0.717, 1.165) is 29.1 Å². The van der Waals surface area contributed by atoms with Gasteiger partial charge in [-0.25, -0.2) is 4.98 Å². The van der Waals surface area contributed by atoms with Crippen LogP contribution in [0.15, 0.2) is 48.5 Å². The lowest BCUT2D eigenvalue weighted by Gasteiger charge is -2.08. The van der Waals surface area contributed by atoms with Crippen LogP contribution in [0.25, 0.3) is 11.0 Å². The minimum atomic E-state index is 0.418. The number of imidazole rings is 1. The van der Waals surface area contributed by atoms with Gasteiger partial charge in [-0.2, -0.15) is 0 Å². The van der Waals surface area contributed by atoms with Gasteiger partial charge in [0.1, 0.15) is 5.82 Å². The maximum Gasteiger partial charge on any atom is 0.123 e. The van der Waals surface area contributed by atoms with Crippen LogP contribution in [0.3, 0.4) is 0 Å². The van der Waals surface area contributed by atoms with E-state index in [1.807, 2.05) is 36.4 Å². The average molecular weight is 252 g/mol. The SMILES string of the molecule is NCc1nc2ccc(N)cc2n1Cc1ccccc1. The van der Waals surface area contributed by atoms with Crippen molar-refractivity contribution in [3.63, 3.8) is 0 Å². The molecule has 0 fully saturated rings. The maximum atomic E-state index is 5.86. The molecular formula is C15H16N4. The zero-order valence-corrected chi connectivity index (χ0v) is 10.6. The molecule has 3 rings (SSSR count). The summed E-state index contributed by atoms with van der Waals surface area (Å²) in [7, 11) is 0. The molecule has 0 bridgehead atoms. The molecule has 0 radical (unpaired) electrons. The highest BCUT2D eigenvalue weighted by Gasteiger charge is 2.10. The molecule has 2 aromatic carbocycles. The van der Waals surface area contributed by atoms with E-state index >= 15 is 0 Å². The van der Waals surface area contributed by atoms with Crippen molar-refractivity contribution in [3.05, 3.63) is 59.9 Å². The summed E-state index contributed by atoms with van der Waals surface area (Å²) in [4.78, 5) is 4.55. The van der Waals surface area contributed by atoms with Crippen LogP contribution < -0.4 is 11.5 Å². The molecule has 0 aliphatic heterocycles. The van der Waals surface area contributed by atoms with Crippen LogP contribution in [0.1, 0.15) is 11.4 Å². The smallest absolute Gasteiger partial charge is 0.123 e. The van der Waals surface area contributed by atoms with Gasteiger partial charge in [0.2, 0.25) is 0 Å². The number of nitrogen functional groups attached to an aromatic ring is 1. The van der Waals surface area contributed by atoms with Gasteiger partial charge in [-0.1, -0.05) is 30.3 Å². The van der Waals surface area contributed by atoms with Crippen molar-refractivity contribution in [2.75, 3.05) is 5.73 Å². The minimum absolute atomic E-state index is 0.418. The number of aromatic nitrogens is 2. The molecular weight excluding hydrogens is 236 g/mol. The topological polar surface area (TPSA) is 69.9 Å². The number of hydrogen-bond acceptors (Lipinski definition) is 3. The fraction of sp³-hybridized carbons (Fsp3) is 0.133. The lowest BCUT2D eigenvalue weighted by atomic mass is 10.2. The Morgan fingerprint density at radius 2 is 1.84 bits per heavy atom. The third-order valence-corrected chi connectivity index (χ3v) is 3.22. The van der Waals surface area contributed by atoms with Gasteiger partial charge in [0.05, 0.1) is 17.6 Å². The van der Waals surface area contributed by atoms with E-state index in [0.29, 0.717) is 6.54 Å². The Labute approximate surface area is 111 Å². The van der Waals surface area contributed by atoms with E-state index in [-0.39, 0.29) is 0 Å². The van der Waals surface area contributed by atoms with E-state index in [2.05, 4.69) is 21.7 Å². The Hall–Kier alpha value is -2.33. The molecule has 0 spiro atoms. The first-order valence-corrected chi connectivity index (χ1v) is 6.26. The predicted octanol–water partition coefficient (Wildman–Crippen LogP) is 2.13. The first kappa shape index (κ1) is 11.7. The van der Waals surface area contributed by atoms with Crippen molar-refractivity contribution in [3.8, 4) is 0 Å². The quantitative estimate of drug-likeness (QED) is 0.701. The lowest BCUT2D eigenvalue weighted by molar-refractivity contribution is 0.744. The fourth-order valence-corrected chi connectivity index (χ4v) is 2.29. The first-order chi connectivity index (χ1) is 9.28. The van der Waals surface area contributed by atoms with Gasteiger partial charge in [0.15, 0.2) is 0 Å². The lowest BCUT2D eigenvalue weighted by Crippen LogP contribution is -2.09. The first-order valence-electron chi connectivity index (χ1n) is 6.26. The summed E-state index contributed by atoms with van der Waals surface area (Å²) in [6.45, 7) is 1.18. The molecule has 4 heteroatoms. The van der Waals surface area contributed by atoms with Gasteiger partial charge in [-0.3, -0.25) is 0 Å². The third-order valence-electron chi connectivity index (χ3n) is 3.22. The zero-order chi connectivity index (χ0) is 13.2. The molecule has 1 aromatic heterocycles. The predicted molar refractivity (Wildman–Crippen MR) is 77.6 cm³/mol. The highest BCUT2D eigenvalue weighted by Crippen LogP contribution is 2.20. The molecule has 0 unspecified atom stereocenters. The summed E-state index contributed by atoms with van der Waals surface area (Å²) >= 11 is 0. The summed E-state index contributed by atoms with van der Waals surface area (Å²) in [5, 5.41) is 0. The zero-order valence-electron chi connectivity index (χ0n) is 10.6. The second-order valence-corrected chi connectivity index (χ2v) is 4.55. The standard InChI is InChI=1S/C15H16N4/c16-9-15-18-13-7-6-12(17)8-14(13)19(15)10-11-4-2-1-3-5-11/h1-8H,9-10,16-17H2. The maximum absolute atomic E-state index is 5.86. The monoisotopic (exact) mass is 252 g/mol. The number of nitrogens with zero attached hydrogens (tertiary/aromatic N) is 2. The Kier molecular flexibility index (Phi) is 2.93. The molecule has 3 aromatic rings. The van der Waals surface area contributed by atoms with Crippen LogP contribution in [0.4, 0.5) is 5.69 Å². The van der Waals surface area contributed by atoms with E-state index in [4.69, 9.17) is 11.5 Å². The largest absolute Gasteiger partial charge is 0.399 e. The summed E-state index contributed by atoms with van der Waals surface area (Å²) in [5.41, 5.74) is 15.6. The number of benzene rings is 2. The van der Waals surface area contributed by atoms with Crippen LogP contribution in [0.2, 0.25) is 0 Å². The molecule has 0 amide bonds. The number of fused-ring (bicyclic) bond motifs is 1. The summed E-state index contributed by atoms with van der Waals surface area (Å²) in [5.74, 6) is 0.879. The van der Waals surface area contributed by atoms with Crippen molar-refractivity contribution in [2.24, 2.45) is 5.73 Å². The van der Waals surface area contributed by atoms with Crippen molar-refractivity contribution in [1.82, 2.24) is 9.55 Å². The van der Waals surface area contributed by atoms with Crippen LogP contribution in [0.5, 0.6) is 0 Å². The molecule has 0 saturated heterocycles. The normalized spacial score (nSPS) is 11.0. The Balaban J connectivity index is 2.12.